The molecule has 3 nitrogen and oxygen atoms in total. The standard InChI is InChI=1S/C20H16N2O/c21-15-7-9-17-13(11-15)3-1-5-19(17)23-20-6-2-4-14-12-16(22)8-10-18(14)20/h1-12H,21-22H2. The van der Waals surface area contributed by atoms with Gasteiger partial charge in [0, 0.05) is 22.1 Å². The second-order valence-electron chi connectivity index (χ2n) is 5.58. The smallest absolute Gasteiger partial charge is 0.135 e. The molecular weight excluding hydrogens is 284 g/mol. The molecule has 4 rings (SSSR count). The van der Waals surface area contributed by atoms with Gasteiger partial charge in [-0.1, -0.05) is 24.3 Å². The average molecular weight is 300 g/mol. The van der Waals surface area contributed by atoms with E-state index in [9.17, 15) is 0 Å². The second-order valence-corrected chi connectivity index (χ2v) is 5.58. The largest absolute Gasteiger partial charge is 0.456 e. The zero-order valence-electron chi connectivity index (χ0n) is 12.5. The van der Waals surface area contributed by atoms with Crippen molar-refractivity contribution in [2.75, 3.05) is 11.5 Å². The summed E-state index contributed by atoms with van der Waals surface area (Å²) >= 11 is 0. The number of nitrogen functional groups attached to an aromatic ring is 2. The number of ether oxygens (including phenoxy) is 1. The van der Waals surface area contributed by atoms with Gasteiger partial charge in [0.2, 0.25) is 0 Å². The molecule has 0 radical (unpaired) electrons. The Kier molecular flexibility index (Phi) is 3.05. The van der Waals surface area contributed by atoms with Crippen molar-refractivity contribution in [1.29, 1.82) is 0 Å². The minimum absolute atomic E-state index is 0.746. The number of nitrogens with two attached hydrogens (primary N) is 2. The van der Waals surface area contributed by atoms with Gasteiger partial charge in [0.25, 0.3) is 0 Å². The van der Waals surface area contributed by atoms with E-state index in [1.807, 2.05) is 72.8 Å². The summed E-state index contributed by atoms with van der Waals surface area (Å²) in [6.07, 6.45) is 0. The Hall–Kier alpha value is -3.20. The van der Waals surface area contributed by atoms with Gasteiger partial charge in [-0.2, -0.15) is 0 Å². The highest BCUT2D eigenvalue weighted by molar-refractivity contribution is 5.93. The lowest BCUT2D eigenvalue weighted by molar-refractivity contribution is 0.494. The van der Waals surface area contributed by atoms with Crippen molar-refractivity contribution < 1.29 is 4.74 Å². The third-order valence-corrected chi connectivity index (χ3v) is 3.95. The summed E-state index contributed by atoms with van der Waals surface area (Å²) in [5.74, 6) is 1.62. The molecule has 3 heteroatoms. The van der Waals surface area contributed by atoms with Crippen molar-refractivity contribution in [1.82, 2.24) is 0 Å². The molecule has 4 aromatic carbocycles. The monoisotopic (exact) mass is 300 g/mol. The average Bonchev–Trinajstić information content (AvgIpc) is 2.54. The molecule has 0 saturated carbocycles. The maximum absolute atomic E-state index is 6.20. The van der Waals surface area contributed by atoms with Gasteiger partial charge < -0.3 is 16.2 Å². The molecule has 0 atom stereocenters. The molecule has 0 aliphatic heterocycles. The molecule has 0 aliphatic rings. The second kappa shape index (κ2) is 5.21. The van der Waals surface area contributed by atoms with E-state index in [4.69, 9.17) is 16.2 Å². The van der Waals surface area contributed by atoms with Crippen LogP contribution >= 0.6 is 0 Å². The molecule has 0 aromatic heterocycles. The van der Waals surface area contributed by atoms with Crippen molar-refractivity contribution in [3.63, 3.8) is 0 Å². The van der Waals surface area contributed by atoms with E-state index in [0.29, 0.717) is 0 Å². The third-order valence-electron chi connectivity index (χ3n) is 3.95. The Balaban J connectivity index is 1.85. The van der Waals surface area contributed by atoms with Gasteiger partial charge in [0.15, 0.2) is 0 Å². The fourth-order valence-electron chi connectivity index (χ4n) is 2.84. The van der Waals surface area contributed by atoms with Crippen LogP contribution in [0.5, 0.6) is 11.5 Å². The van der Waals surface area contributed by atoms with Crippen LogP contribution < -0.4 is 16.2 Å². The highest BCUT2D eigenvalue weighted by Gasteiger charge is 2.07. The van der Waals surface area contributed by atoms with Crippen LogP contribution in [0, 0.1) is 0 Å². The van der Waals surface area contributed by atoms with Crippen molar-refractivity contribution >= 4 is 32.9 Å². The molecule has 0 unspecified atom stereocenters. The molecule has 0 fully saturated rings. The van der Waals surface area contributed by atoms with Crippen LogP contribution in [-0.2, 0) is 0 Å². The van der Waals surface area contributed by atoms with Gasteiger partial charge in [-0.15, -0.1) is 0 Å². The van der Waals surface area contributed by atoms with Crippen LogP contribution in [0.3, 0.4) is 0 Å². The Bertz CT molecular complexity index is 941. The lowest BCUT2D eigenvalue weighted by Gasteiger charge is -2.12. The normalized spacial score (nSPS) is 11.0. The summed E-state index contributed by atoms with van der Waals surface area (Å²) in [5, 5.41) is 4.20. The van der Waals surface area contributed by atoms with Gasteiger partial charge in [0.1, 0.15) is 11.5 Å². The van der Waals surface area contributed by atoms with Gasteiger partial charge in [-0.25, -0.2) is 0 Å². The number of hydrogen-bond donors (Lipinski definition) is 2. The van der Waals surface area contributed by atoms with Gasteiger partial charge in [-0.05, 0) is 59.3 Å². The first-order valence-corrected chi connectivity index (χ1v) is 7.45. The van der Waals surface area contributed by atoms with Crippen molar-refractivity contribution in [2.24, 2.45) is 0 Å². The number of rotatable bonds is 2. The topological polar surface area (TPSA) is 61.3 Å². The quantitative estimate of drug-likeness (QED) is 0.515. The summed E-state index contributed by atoms with van der Waals surface area (Å²) in [5.41, 5.74) is 13.2. The molecule has 0 heterocycles. The maximum atomic E-state index is 6.20. The maximum Gasteiger partial charge on any atom is 0.135 e. The van der Waals surface area contributed by atoms with Crippen LogP contribution in [0.1, 0.15) is 0 Å². The van der Waals surface area contributed by atoms with Gasteiger partial charge >= 0.3 is 0 Å². The molecule has 112 valence electrons. The van der Waals surface area contributed by atoms with Crippen LogP contribution in [0.4, 0.5) is 11.4 Å². The van der Waals surface area contributed by atoms with E-state index in [2.05, 4.69) is 0 Å². The predicted octanol–water partition coefficient (Wildman–Crippen LogP) is 4.95. The van der Waals surface area contributed by atoms with Gasteiger partial charge in [-0.3, -0.25) is 0 Å². The molecule has 4 N–H and O–H groups in total. The summed E-state index contributed by atoms with van der Waals surface area (Å²) in [7, 11) is 0. The first-order chi connectivity index (χ1) is 11.2. The van der Waals surface area contributed by atoms with E-state index in [1.165, 1.54) is 0 Å². The molecule has 0 aliphatic carbocycles. The third kappa shape index (κ3) is 2.42. The summed E-state index contributed by atoms with van der Waals surface area (Å²) in [6, 6.07) is 23.6. The van der Waals surface area contributed by atoms with Crippen molar-refractivity contribution in [3.05, 3.63) is 72.8 Å². The fraction of sp³-hybridized carbons (Fsp3) is 0. The zero-order valence-corrected chi connectivity index (χ0v) is 12.5. The minimum atomic E-state index is 0.746. The van der Waals surface area contributed by atoms with E-state index >= 15 is 0 Å². The van der Waals surface area contributed by atoms with E-state index in [1.54, 1.807) is 0 Å². The highest BCUT2D eigenvalue weighted by Crippen LogP contribution is 2.35. The number of benzene rings is 4. The molecular formula is C20H16N2O. The van der Waals surface area contributed by atoms with Crippen LogP contribution in [0.25, 0.3) is 21.5 Å². The number of anilines is 2. The lowest BCUT2D eigenvalue weighted by Crippen LogP contribution is -1.90. The molecule has 0 saturated heterocycles. The van der Waals surface area contributed by atoms with Gasteiger partial charge in [0.05, 0.1) is 0 Å². The van der Waals surface area contributed by atoms with E-state index in [0.717, 1.165) is 44.4 Å². The van der Waals surface area contributed by atoms with Crippen LogP contribution in [0.15, 0.2) is 72.8 Å². The van der Waals surface area contributed by atoms with Crippen molar-refractivity contribution in [3.8, 4) is 11.5 Å². The lowest BCUT2D eigenvalue weighted by atomic mass is 10.1. The summed E-state index contributed by atoms with van der Waals surface area (Å²) in [6.45, 7) is 0. The molecule has 4 aromatic rings. The minimum Gasteiger partial charge on any atom is -0.456 e. The predicted molar refractivity (Wildman–Crippen MR) is 96.8 cm³/mol. The molecule has 0 bridgehead atoms. The Morgan fingerprint density at radius 2 is 1.04 bits per heavy atom. The zero-order chi connectivity index (χ0) is 15.8. The Morgan fingerprint density at radius 1 is 0.565 bits per heavy atom. The fourth-order valence-corrected chi connectivity index (χ4v) is 2.84. The highest BCUT2D eigenvalue weighted by atomic mass is 16.5. The van der Waals surface area contributed by atoms with Crippen LogP contribution in [0.2, 0.25) is 0 Å². The number of hydrogen-bond acceptors (Lipinski definition) is 3. The molecule has 0 spiro atoms. The first-order valence-electron chi connectivity index (χ1n) is 7.45. The number of fused-ring (bicyclic) bond motifs is 2. The van der Waals surface area contributed by atoms with Crippen LogP contribution in [-0.4, -0.2) is 0 Å². The SMILES string of the molecule is Nc1ccc2c(Oc3cccc4cc(N)ccc34)cccc2c1. The Labute approximate surface area is 134 Å². The molecule has 23 heavy (non-hydrogen) atoms. The van der Waals surface area contributed by atoms with E-state index < -0.39 is 0 Å². The summed E-state index contributed by atoms with van der Waals surface area (Å²) in [4.78, 5) is 0. The summed E-state index contributed by atoms with van der Waals surface area (Å²) < 4.78 is 6.20. The first kappa shape index (κ1) is 13.5. The van der Waals surface area contributed by atoms with E-state index in [-0.39, 0.29) is 0 Å². The molecule has 0 amide bonds. The Morgan fingerprint density at radius 3 is 1.52 bits per heavy atom. The van der Waals surface area contributed by atoms with Crippen molar-refractivity contribution in [2.45, 2.75) is 0 Å².